The predicted octanol–water partition coefficient (Wildman–Crippen LogP) is 3.03. The lowest BCUT2D eigenvalue weighted by molar-refractivity contribution is -0.0258. The summed E-state index contributed by atoms with van der Waals surface area (Å²) in [5, 5.41) is 2.88. The van der Waals surface area contributed by atoms with Crippen molar-refractivity contribution in [1.82, 2.24) is 14.7 Å². The molecule has 1 N–H and O–H groups in total. The zero-order valence-electron chi connectivity index (χ0n) is 18.4. The van der Waals surface area contributed by atoms with E-state index in [1.807, 2.05) is 12.1 Å². The molecule has 0 aromatic heterocycles. The molecule has 0 spiro atoms. The van der Waals surface area contributed by atoms with Crippen LogP contribution < -0.4 is 5.32 Å². The maximum Gasteiger partial charge on any atom is 0.264 e. The molecule has 2 aromatic carbocycles. The summed E-state index contributed by atoms with van der Waals surface area (Å²) < 4.78 is 25.2. The number of carbonyl (C=O) groups excluding carboxylic acids is 1. The number of hydroxylamine groups is 1. The molecule has 1 fully saturated rings. The maximum absolute atomic E-state index is 12.4. The highest BCUT2D eigenvalue weighted by Gasteiger charge is 2.21. The molecule has 1 aliphatic heterocycles. The molecule has 1 aliphatic rings. The Hall–Kier alpha value is -2.26. The number of hydrogen-bond donors (Lipinski definition) is 1. The van der Waals surface area contributed by atoms with Gasteiger partial charge in [0.05, 0.1) is 12.0 Å². The Labute approximate surface area is 185 Å². The third-order valence-corrected chi connectivity index (χ3v) is 7.46. The van der Waals surface area contributed by atoms with E-state index in [4.69, 9.17) is 4.84 Å². The number of likely N-dealkylation sites (tertiary alicyclic amines) is 1. The average molecular weight is 446 g/mol. The molecule has 3 rings (SSSR count). The van der Waals surface area contributed by atoms with Gasteiger partial charge in [-0.1, -0.05) is 35.7 Å². The standard InChI is InChI=1S/C23H31N3O4S/c1-18-12-14-26(15-13-18)17-20-6-4-19(5-7-20)16-24-23(27)21-8-10-22(11-9-21)31(28,29)25(2)30-3/h4-11,18H,12-17H2,1-3H3,(H,24,27). The fourth-order valence-electron chi connectivity index (χ4n) is 3.55. The van der Waals surface area contributed by atoms with Crippen molar-refractivity contribution >= 4 is 15.9 Å². The van der Waals surface area contributed by atoms with Gasteiger partial charge in [-0.3, -0.25) is 14.5 Å². The summed E-state index contributed by atoms with van der Waals surface area (Å²) in [4.78, 5) is 19.7. The van der Waals surface area contributed by atoms with E-state index >= 15 is 0 Å². The van der Waals surface area contributed by atoms with Gasteiger partial charge in [-0.2, -0.15) is 0 Å². The van der Waals surface area contributed by atoms with Crippen LogP contribution in [0, 0.1) is 5.92 Å². The van der Waals surface area contributed by atoms with Crippen LogP contribution >= 0.6 is 0 Å². The van der Waals surface area contributed by atoms with Crippen molar-refractivity contribution < 1.29 is 18.0 Å². The third kappa shape index (κ3) is 6.13. The van der Waals surface area contributed by atoms with Crippen LogP contribution in [0.3, 0.4) is 0 Å². The van der Waals surface area contributed by atoms with Crippen LogP contribution in [0.25, 0.3) is 0 Å². The normalized spacial score (nSPS) is 15.9. The number of amides is 1. The van der Waals surface area contributed by atoms with Crippen LogP contribution in [0.2, 0.25) is 0 Å². The first-order valence-corrected chi connectivity index (χ1v) is 11.9. The minimum Gasteiger partial charge on any atom is -0.348 e. The van der Waals surface area contributed by atoms with E-state index in [2.05, 4.69) is 29.3 Å². The molecule has 168 valence electrons. The van der Waals surface area contributed by atoms with Crippen molar-refractivity contribution in [2.24, 2.45) is 5.92 Å². The van der Waals surface area contributed by atoms with Crippen LogP contribution in [0.15, 0.2) is 53.4 Å². The van der Waals surface area contributed by atoms with Crippen molar-refractivity contribution in [3.05, 3.63) is 65.2 Å². The van der Waals surface area contributed by atoms with E-state index < -0.39 is 10.0 Å². The predicted molar refractivity (Wildman–Crippen MR) is 120 cm³/mol. The number of nitrogens with one attached hydrogen (secondary N) is 1. The quantitative estimate of drug-likeness (QED) is 0.632. The van der Waals surface area contributed by atoms with Gasteiger partial charge in [0.1, 0.15) is 0 Å². The molecule has 7 nitrogen and oxygen atoms in total. The Morgan fingerprint density at radius 1 is 1.06 bits per heavy atom. The van der Waals surface area contributed by atoms with E-state index in [1.165, 1.54) is 56.8 Å². The molecule has 0 aliphatic carbocycles. The van der Waals surface area contributed by atoms with Gasteiger partial charge in [0.2, 0.25) is 0 Å². The number of piperidine rings is 1. The van der Waals surface area contributed by atoms with Gasteiger partial charge in [0, 0.05) is 25.7 Å². The van der Waals surface area contributed by atoms with Crippen molar-refractivity contribution in [1.29, 1.82) is 0 Å². The largest absolute Gasteiger partial charge is 0.348 e. The third-order valence-electron chi connectivity index (χ3n) is 5.77. The second-order valence-electron chi connectivity index (χ2n) is 8.08. The van der Waals surface area contributed by atoms with Gasteiger partial charge >= 0.3 is 0 Å². The Morgan fingerprint density at radius 3 is 2.23 bits per heavy atom. The van der Waals surface area contributed by atoms with Gasteiger partial charge in [0.15, 0.2) is 0 Å². The molecule has 1 heterocycles. The molecular formula is C23H31N3O4S. The Balaban J connectivity index is 1.52. The number of sulfonamides is 1. The number of hydrogen-bond acceptors (Lipinski definition) is 5. The zero-order valence-corrected chi connectivity index (χ0v) is 19.2. The summed E-state index contributed by atoms with van der Waals surface area (Å²) in [6.07, 6.45) is 2.53. The van der Waals surface area contributed by atoms with Crippen LogP contribution in [0.4, 0.5) is 0 Å². The highest BCUT2D eigenvalue weighted by Crippen LogP contribution is 2.18. The fraction of sp³-hybridized carbons (Fsp3) is 0.435. The van der Waals surface area contributed by atoms with Crippen LogP contribution in [-0.2, 0) is 28.0 Å². The van der Waals surface area contributed by atoms with Gasteiger partial charge in [-0.05, 0) is 67.2 Å². The van der Waals surface area contributed by atoms with Gasteiger partial charge < -0.3 is 5.32 Å². The summed E-state index contributed by atoms with van der Waals surface area (Å²) in [5.41, 5.74) is 2.70. The lowest BCUT2D eigenvalue weighted by Gasteiger charge is -2.30. The van der Waals surface area contributed by atoms with E-state index in [0.717, 1.165) is 35.6 Å². The van der Waals surface area contributed by atoms with Crippen LogP contribution in [-0.4, -0.2) is 50.9 Å². The summed E-state index contributed by atoms with van der Waals surface area (Å²) in [6.45, 7) is 6.00. The fourth-order valence-corrected chi connectivity index (χ4v) is 4.52. The van der Waals surface area contributed by atoms with E-state index in [1.54, 1.807) is 0 Å². The van der Waals surface area contributed by atoms with Crippen LogP contribution in [0.1, 0.15) is 41.3 Å². The first-order valence-electron chi connectivity index (χ1n) is 10.5. The van der Waals surface area contributed by atoms with Crippen molar-refractivity contribution in [2.45, 2.75) is 37.8 Å². The Kier molecular flexibility index (Phi) is 7.83. The number of carbonyl (C=O) groups is 1. The molecule has 0 unspecified atom stereocenters. The molecule has 31 heavy (non-hydrogen) atoms. The first-order chi connectivity index (χ1) is 14.8. The number of nitrogens with zero attached hydrogens (tertiary/aromatic N) is 2. The Bertz CT molecular complexity index is 967. The van der Waals surface area contributed by atoms with Crippen molar-refractivity contribution in [3.8, 4) is 0 Å². The summed E-state index contributed by atoms with van der Waals surface area (Å²) in [5.74, 6) is 0.574. The monoisotopic (exact) mass is 445 g/mol. The van der Waals surface area contributed by atoms with Crippen molar-refractivity contribution in [3.63, 3.8) is 0 Å². The molecule has 2 aromatic rings. The highest BCUT2D eigenvalue weighted by atomic mass is 32.2. The molecule has 0 saturated carbocycles. The SMILES string of the molecule is CON(C)S(=O)(=O)c1ccc(C(=O)NCc2ccc(CN3CCC(C)CC3)cc2)cc1. The summed E-state index contributed by atoms with van der Waals surface area (Å²) in [7, 11) is -1.14. The first kappa shape index (κ1) is 23.4. The van der Waals surface area contributed by atoms with E-state index in [-0.39, 0.29) is 10.8 Å². The van der Waals surface area contributed by atoms with Crippen LogP contribution in [0.5, 0.6) is 0 Å². The summed E-state index contributed by atoms with van der Waals surface area (Å²) in [6, 6.07) is 14.1. The second-order valence-corrected chi connectivity index (χ2v) is 10.0. The molecule has 0 atom stereocenters. The van der Waals surface area contributed by atoms with Crippen molar-refractivity contribution in [2.75, 3.05) is 27.2 Å². The molecule has 0 radical (unpaired) electrons. The topological polar surface area (TPSA) is 78.9 Å². The molecule has 0 bridgehead atoms. The molecule has 1 saturated heterocycles. The molecule has 8 heteroatoms. The van der Waals surface area contributed by atoms with Gasteiger partial charge in [-0.15, -0.1) is 0 Å². The van der Waals surface area contributed by atoms with Gasteiger partial charge in [0.25, 0.3) is 15.9 Å². The second kappa shape index (κ2) is 10.4. The smallest absolute Gasteiger partial charge is 0.264 e. The molecular weight excluding hydrogens is 414 g/mol. The lowest BCUT2D eigenvalue weighted by Crippen LogP contribution is -2.32. The van der Waals surface area contributed by atoms with E-state index in [9.17, 15) is 13.2 Å². The maximum atomic E-state index is 12.4. The minimum atomic E-state index is -3.73. The zero-order chi connectivity index (χ0) is 22.4. The number of benzene rings is 2. The number of rotatable bonds is 8. The minimum absolute atomic E-state index is 0.0622. The van der Waals surface area contributed by atoms with Gasteiger partial charge in [-0.25, -0.2) is 8.42 Å². The summed E-state index contributed by atoms with van der Waals surface area (Å²) >= 11 is 0. The lowest BCUT2D eigenvalue weighted by atomic mass is 9.99. The Morgan fingerprint density at radius 2 is 1.65 bits per heavy atom. The highest BCUT2D eigenvalue weighted by molar-refractivity contribution is 7.89. The van der Waals surface area contributed by atoms with E-state index in [0.29, 0.717) is 12.1 Å². The average Bonchev–Trinajstić information content (AvgIpc) is 2.79. The molecule has 1 amide bonds.